The Kier molecular flexibility index (Phi) is 4.74. The van der Waals surface area contributed by atoms with E-state index in [1.807, 2.05) is 24.8 Å². The van der Waals surface area contributed by atoms with Crippen LogP contribution in [-0.2, 0) is 0 Å². The highest BCUT2D eigenvalue weighted by molar-refractivity contribution is 7.99. The van der Waals surface area contributed by atoms with Crippen molar-refractivity contribution in [1.82, 2.24) is 0 Å². The van der Waals surface area contributed by atoms with Gasteiger partial charge in [-0.15, -0.1) is 11.8 Å². The van der Waals surface area contributed by atoms with Crippen molar-refractivity contribution in [2.75, 3.05) is 12.3 Å². The monoisotopic (exact) mass is 227 g/mol. The van der Waals surface area contributed by atoms with E-state index in [2.05, 4.69) is 13.8 Å². The van der Waals surface area contributed by atoms with Crippen LogP contribution in [0.5, 0.6) is 0 Å². The first-order valence-electron chi connectivity index (χ1n) is 5.42. The highest BCUT2D eigenvalue weighted by Crippen LogP contribution is 2.27. The van der Waals surface area contributed by atoms with Crippen molar-refractivity contribution >= 4 is 11.8 Å². The van der Waals surface area contributed by atoms with Gasteiger partial charge >= 0.3 is 0 Å². The van der Waals surface area contributed by atoms with Gasteiger partial charge in [0.1, 0.15) is 5.76 Å². The lowest BCUT2D eigenvalue weighted by atomic mass is 9.88. The van der Waals surface area contributed by atoms with Crippen LogP contribution < -0.4 is 5.73 Å². The van der Waals surface area contributed by atoms with Crippen molar-refractivity contribution in [2.45, 2.75) is 38.5 Å². The summed E-state index contributed by atoms with van der Waals surface area (Å²) >= 11 is 1.87. The van der Waals surface area contributed by atoms with E-state index in [4.69, 9.17) is 10.2 Å². The minimum Gasteiger partial charge on any atom is -0.468 e. The molecule has 1 rings (SSSR count). The molecule has 0 aliphatic heterocycles. The zero-order chi connectivity index (χ0) is 11.3. The molecule has 0 fully saturated rings. The Balaban J connectivity index is 2.20. The molecule has 86 valence electrons. The normalized spacial score (nSPS) is 12.0. The third-order valence-electron chi connectivity index (χ3n) is 2.62. The molecule has 0 atom stereocenters. The Labute approximate surface area is 96.6 Å². The number of thioether (sulfide) groups is 1. The molecule has 1 aromatic heterocycles. The topological polar surface area (TPSA) is 39.2 Å². The summed E-state index contributed by atoms with van der Waals surface area (Å²) in [7, 11) is 0. The molecular weight excluding hydrogens is 206 g/mol. The zero-order valence-electron chi connectivity index (χ0n) is 9.88. The van der Waals surface area contributed by atoms with Gasteiger partial charge < -0.3 is 10.2 Å². The summed E-state index contributed by atoms with van der Waals surface area (Å²) in [6.07, 6.45) is 4.15. The first kappa shape index (κ1) is 12.7. The number of furan rings is 1. The zero-order valence-corrected chi connectivity index (χ0v) is 10.7. The fraction of sp³-hybridized carbons (Fsp3) is 0.667. The van der Waals surface area contributed by atoms with E-state index in [1.165, 1.54) is 17.7 Å². The summed E-state index contributed by atoms with van der Waals surface area (Å²) in [6, 6.07) is 2.04. The second-order valence-corrected chi connectivity index (χ2v) is 5.80. The average molecular weight is 227 g/mol. The molecule has 0 saturated carbocycles. The first-order chi connectivity index (χ1) is 7.05. The summed E-state index contributed by atoms with van der Waals surface area (Å²) in [4.78, 5) is 1.26. The van der Waals surface area contributed by atoms with Gasteiger partial charge in [-0.05, 0) is 43.5 Å². The van der Waals surface area contributed by atoms with Crippen molar-refractivity contribution in [3.8, 4) is 0 Å². The number of aryl methyl sites for hydroxylation is 1. The predicted molar refractivity (Wildman–Crippen MR) is 66.2 cm³/mol. The second kappa shape index (κ2) is 5.61. The molecular formula is C12H21NOS. The van der Waals surface area contributed by atoms with Crippen LogP contribution in [0, 0.1) is 12.3 Å². The second-order valence-electron chi connectivity index (χ2n) is 4.66. The lowest BCUT2D eigenvalue weighted by Gasteiger charge is -2.21. The molecule has 0 radical (unpaired) electrons. The highest BCUT2D eigenvalue weighted by Gasteiger charge is 2.14. The quantitative estimate of drug-likeness (QED) is 0.597. The van der Waals surface area contributed by atoms with E-state index in [1.54, 1.807) is 6.26 Å². The molecule has 3 heteroatoms. The van der Waals surface area contributed by atoms with Crippen LogP contribution in [-0.4, -0.2) is 12.3 Å². The van der Waals surface area contributed by atoms with Gasteiger partial charge in [-0.25, -0.2) is 0 Å². The molecule has 0 aliphatic carbocycles. The lowest BCUT2D eigenvalue weighted by Crippen LogP contribution is -2.23. The Morgan fingerprint density at radius 2 is 2.20 bits per heavy atom. The minimum atomic E-state index is 0.284. The molecule has 15 heavy (non-hydrogen) atoms. The van der Waals surface area contributed by atoms with Crippen LogP contribution in [0.4, 0.5) is 0 Å². The van der Waals surface area contributed by atoms with E-state index in [9.17, 15) is 0 Å². The van der Waals surface area contributed by atoms with Crippen molar-refractivity contribution in [2.24, 2.45) is 11.1 Å². The van der Waals surface area contributed by atoms with Crippen molar-refractivity contribution in [1.29, 1.82) is 0 Å². The van der Waals surface area contributed by atoms with E-state index in [0.717, 1.165) is 18.1 Å². The number of nitrogens with two attached hydrogens (primary N) is 1. The molecule has 2 nitrogen and oxygen atoms in total. The van der Waals surface area contributed by atoms with E-state index in [0.29, 0.717) is 0 Å². The molecule has 1 heterocycles. The highest BCUT2D eigenvalue weighted by atomic mass is 32.2. The molecule has 0 bridgehead atoms. The van der Waals surface area contributed by atoms with E-state index < -0.39 is 0 Å². The van der Waals surface area contributed by atoms with Crippen LogP contribution in [0.2, 0.25) is 0 Å². The Bertz CT molecular complexity index is 294. The summed E-state index contributed by atoms with van der Waals surface area (Å²) in [5.74, 6) is 2.17. The van der Waals surface area contributed by atoms with Gasteiger partial charge in [-0.1, -0.05) is 13.8 Å². The molecule has 0 aliphatic rings. The number of rotatable bonds is 6. The Hall–Kier alpha value is -0.410. The van der Waals surface area contributed by atoms with Crippen molar-refractivity contribution in [3.63, 3.8) is 0 Å². The van der Waals surface area contributed by atoms with Crippen LogP contribution in [0.15, 0.2) is 21.6 Å². The summed E-state index contributed by atoms with van der Waals surface area (Å²) in [5, 5.41) is 0. The molecule has 2 N–H and O–H groups in total. The molecule has 1 aromatic rings. The van der Waals surface area contributed by atoms with Gasteiger partial charge in [0.15, 0.2) is 0 Å². The molecule has 0 amide bonds. The summed E-state index contributed by atoms with van der Waals surface area (Å²) in [6.45, 7) is 7.22. The third-order valence-corrected chi connectivity index (χ3v) is 3.85. The van der Waals surface area contributed by atoms with Gasteiger partial charge in [-0.3, -0.25) is 0 Å². The minimum absolute atomic E-state index is 0.284. The van der Waals surface area contributed by atoms with Gasteiger partial charge in [-0.2, -0.15) is 0 Å². The van der Waals surface area contributed by atoms with Crippen LogP contribution in [0.25, 0.3) is 0 Å². The molecule has 0 aromatic carbocycles. The molecule has 0 spiro atoms. The Morgan fingerprint density at radius 3 is 2.73 bits per heavy atom. The smallest absolute Gasteiger partial charge is 0.114 e. The average Bonchev–Trinajstić information content (AvgIpc) is 2.59. The van der Waals surface area contributed by atoms with Gasteiger partial charge in [0.05, 0.1) is 6.26 Å². The van der Waals surface area contributed by atoms with Crippen LogP contribution in [0.3, 0.4) is 0 Å². The van der Waals surface area contributed by atoms with E-state index >= 15 is 0 Å². The lowest BCUT2D eigenvalue weighted by molar-refractivity contribution is 0.345. The van der Waals surface area contributed by atoms with Gasteiger partial charge in [0.25, 0.3) is 0 Å². The summed E-state index contributed by atoms with van der Waals surface area (Å²) < 4.78 is 5.24. The van der Waals surface area contributed by atoms with Crippen molar-refractivity contribution < 1.29 is 4.42 Å². The number of hydrogen-bond donors (Lipinski definition) is 1. The van der Waals surface area contributed by atoms with E-state index in [-0.39, 0.29) is 5.41 Å². The van der Waals surface area contributed by atoms with Crippen LogP contribution >= 0.6 is 11.8 Å². The summed E-state index contributed by atoms with van der Waals surface area (Å²) in [5.41, 5.74) is 5.97. The van der Waals surface area contributed by atoms with Crippen molar-refractivity contribution in [3.05, 3.63) is 18.1 Å². The maximum Gasteiger partial charge on any atom is 0.114 e. The largest absolute Gasteiger partial charge is 0.468 e. The Morgan fingerprint density at radius 1 is 1.47 bits per heavy atom. The maximum atomic E-state index is 5.69. The maximum absolute atomic E-state index is 5.69. The standard InChI is InChI=1S/C12H21NOS/c1-10-11(5-7-14-10)15-8-4-6-12(2,3)9-13/h5,7H,4,6,8-9,13H2,1-3H3. The van der Waals surface area contributed by atoms with Gasteiger partial charge in [0.2, 0.25) is 0 Å². The van der Waals surface area contributed by atoms with Crippen LogP contribution in [0.1, 0.15) is 32.4 Å². The predicted octanol–water partition coefficient (Wildman–Crippen LogP) is 3.45. The molecule has 0 unspecified atom stereocenters. The fourth-order valence-corrected chi connectivity index (χ4v) is 2.27. The first-order valence-corrected chi connectivity index (χ1v) is 6.41. The number of hydrogen-bond acceptors (Lipinski definition) is 3. The molecule has 0 saturated heterocycles. The van der Waals surface area contributed by atoms with Gasteiger partial charge in [0, 0.05) is 4.90 Å². The fourth-order valence-electron chi connectivity index (χ4n) is 1.36. The SMILES string of the molecule is Cc1occc1SCCCC(C)(C)CN. The third kappa shape index (κ3) is 4.31.